The number of amides is 1. The van der Waals surface area contributed by atoms with Gasteiger partial charge in [-0.25, -0.2) is 9.97 Å². The van der Waals surface area contributed by atoms with E-state index in [0.717, 1.165) is 63.5 Å². The first-order valence-corrected chi connectivity index (χ1v) is 10.6. The highest BCUT2D eigenvalue weighted by atomic mass is 16.2. The van der Waals surface area contributed by atoms with Crippen LogP contribution in [0.2, 0.25) is 0 Å². The second-order valence-electron chi connectivity index (χ2n) is 7.68. The maximum absolute atomic E-state index is 12.5. The van der Waals surface area contributed by atoms with E-state index >= 15 is 0 Å². The van der Waals surface area contributed by atoms with Gasteiger partial charge in [0, 0.05) is 58.1 Å². The van der Waals surface area contributed by atoms with Crippen molar-refractivity contribution in [3.05, 3.63) is 42.5 Å². The molecule has 1 aliphatic heterocycles. The van der Waals surface area contributed by atoms with Crippen molar-refractivity contribution >= 4 is 17.5 Å². The van der Waals surface area contributed by atoms with Crippen LogP contribution in [0.3, 0.4) is 0 Å². The molecule has 156 valence electrons. The molecule has 0 saturated carbocycles. The summed E-state index contributed by atoms with van der Waals surface area (Å²) in [5.74, 6) is 2.72. The number of hydrogen-bond acceptors (Lipinski definition) is 6. The zero-order valence-electron chi connectivity index (χ0n) is 17.5. The van der Waals surface area contributed by atoms with Crippen LogP contribution in [0.5, 0.6) is 0 Å². The number of nitrogens with zero attached hydrogens (tertiary/aromatic N) is 5. The number of anilines is 2. The molecule has 1 aliphatic rings. The van der Waals surface area contributed by atoms with Crippen LogP contribution >= 0.6 is 0 Å². The van der Waals surface area contributed by atoms with Crippen LogP contribution < -0.4 is 10.2 Å². The van der Waals surface area contributed by atoms with Gasteiger partial charge in [-0.2, -0.15) is 0 Å². The van der Waals surface area contributed by atoms with Crippen molar-refractivity contribution in [2.45, 2.75) is 39.0 Å². The zero-order chi connectivity index (χ0) is 20.5. The fraction of sp³-hybridized carbons (Fsp3) is 0.545. The quantitative estimate of drug-likeness (QED) is 0.702. The Morgan fingerprint density at radius 3 is 2.72 bits per heavy atom. The number of likely N-dealkylation sites (N-methyl/N-ethyl adjacent to an activating group) is 1. The first kappa shape index (κ1) is 21.0. The van der Waals surface area contributed by atoms with Crippen LogP contribution in [0.4, 0.5) is 11.6 Å². The largest absolute Gasteiger partial charge is 0.370 e. The van der Waals surface area contributed by atoms with Gasteiger partial charge in [0.2, 0.25) is 5.91 Å². The Morgan fingerprint density at radius 2 is 2.00 bits per heavy atom. The molecule has 0 atom stereocenters. The second kappa shape index (κ2) is 10.7. The van der Waals surface area contributed by atoms with E-state index in [1.54, 1.807) is 18.7 Å². The number of hydrogen-bond donors (Lipinski definition) is 1. The van der Waals surface area contributed by atoms with Crippen LogP contribution in [0.15, 0.2) is 36.9 Å². The molecule has 3 rings (SSSR count). The lowest BCUT2D eigenvalue weighted by Crippen LogP contribution is -2.35. The Hall–Kier alpha value is -2.70. The van der Waals surface area contributed by atoms with E-state index in [4.69, 9.17) is 0 Å². The lowest BCUT2D eigenvalue weighted by atomic mass is 9.92. The lowest BCUT2D eigenvalue weighted by molar-refractivity contribution is -0.130. The highest BCUT2D eigenvalue weighted by Crippen LogP contribution is 2.26. The fourth-order valence-corrected chi connectivity index (χ4v) is 3.74. The minimum absolute atomic E-state index is 0.243. The molecule has 0 bridgehead atoms. The van der Waals surface area contributed by atoms with Crippen molar-refractivity contribution in [1.82, 2.24) is 19.9 Å². The molecular weight excluding hydrogens is 364 g/mol. The van der Waals surface area contributed by atoms with Crippen LogP contribution in [-0.2, 0) is 11.2 Å². The molecule has 0 spiro atoms. The third kappa shape index (κ3) is 6.41. The predicted molar refractivity (Wildman–Crippen MR) is 116 cm³/mol. The van der Waals surface area contributed by atoms with Crippen molar-refractivity contribution in [3.8, 4) is 0 Å². The van der Waals surface area contributed by atoms with E-state index in [1.165, 1.54) is 5.56 Å². The number of rotatable bonds is 9. The molecule has 1 amide bonds. The summed E-state index contributed by atoms with van der Waals surface area (Å²) in [5.41, 5.74) is 1.22. The summed E-state index contributed by atoms with van der Waals surface area (Å²) in [6, 6.07) is 6.03. The number of piperidine rings is 1. The molecule has 0 aliphatic carbocycles. The van der Waals surface area contributed by atoms with Gasteiger partial charge in [-0.15, -0.1) is 0 Å². The van der Waals surface area contributed by atoms with E-state index in [2.05, 4.69) is 32.1 Å². The summed E-state index contributed by atoms with van der Waals surface area (Å²) >= 11 is 0. The number of aromatic nitrogens is 3. The second-order valence-corrected chi connectivity index (χ2v) is 7.68. The minimum atomic E-state index is 0.243. The molecule has 3 heterocycles. The summed E-state index contributed by atoms with van der Waals surface area (Å²) in [6.07, 6.45) is 9.91. The Labute approximate surface area is 173 Å². The maximum Gasteiger partial charge on any atom is 0.222 e. The van der Waals surface area contributed by atoms with E-state index in [1.807, 2.05) is 30.1 Å². The first-order chi connectivity index (χ1) is 14.2. The van der Waals surface area contributed by atoms with Crippen LogP contribution in [0.25, 0.3) is 0 Å². The van der Waals surface area contributed by atoms with Crippen molar-refractivity contribution in [1.29, 1.82) is 0 Å². The molecule has 1 N–H and O–H groups in total. The topological polar surface area (TPSA) is 74.2 Å². The van der Waals surface area contributed by atoms with E-state index in [9.17, 15) is 4.79 Å². The van der Waals surface area contributed by atoms with Gasteiger partial charge < -0.3 is 15.1 Å². The molecular formula is C22H32N6O. The third-order valence-electron chi connectivity index (χ3n) is 5.63. The third-order valence-corrected chi connectivity index (χ3v) is 5.63. The lowest BCUT2D eigenvalue weighted by Gasteiger charge is -2.33. The number of pyridine rings is 1. The van der Waals surface area contributed by atoms with E-state index in [0.29, 0.717) is 12.3 Å². The number of carbonyl (C=O) groups is 1. The fourth-order valence-electron chi connectivity index (χ4n) is 3.74. The monoisotopic (exact) mass is 396 g/mol. The minimum Gasteiger partial charge on any atom is -0.370 e. The summed E-state index contributed by atoms with van der Waals surface area (Å²) in [4.78, 5) is 29.4. The van der Waals surface area contributed by atoms with Gasteiger partial charge in [-0.05, 0) is 56.2 Å². The Balaban J connectivity index is 1.38. The molecule has 1 saturated heterocycles. The van der Waals surface area contributed by atoms with Gasteiger partial charge in [-0.1, -0.05) is 0 Å². The molecule has 7 heteroatoms. The normalized spacial score (nSPS) is 14.6. The average molecular weight is 397 g/mol. The maximum atomic E-state index is 12.5. The highest BCUT2D eigenvalue weighted by molar-refractivity contribution is 5.75. The smallest absolute Gasteiger partial charge is 0.222 e. The van der Waals surface area contributed by atoms with Gasteiger partial charge in [0.1, 0.15) is 18.0 Å². The Bertz CT molecular complexity index is 761. The molecule has 7 nitrogen and oxygen atoms in total. The van der Waals surface area contributed by atoms with Gasteiger partial charge in [-0.3, -0.25) is 9.78 Å². The van der Waals surface area contributed by atoms with Gasteiger partial charge in [0.05, 0.1) is 0 Å². The van der Waals surface area contributed by atoms with Crippen LogP contribution in [0.1, 0.15) is 38.2 Å². The molecule has 29 heavy (non-hydrogen) atoms. The standard InChI is InChI=1S/C22H32N6O/c1-3-24-20-16-21(26-17-25-20)28-14-9-18(10-15-28)4-5-22(29)27(2)13-8-19-6-11-23-12-7-19/h6-7,11-12,16-18H,3-5,8-10,13-15H2,1-2H3,(H,24,25,26). The molecule has 0 radical (unpaired) electrons. The van der Waals surface area contributed by atoms with Crippen molar-refractivity contribution in [2.24, 2.45) is 5.92 Å². The van der Waals surface area contributed by atoms with Crippen LogP contribution in [-0.4, -0.2) is 59.0 Å². The van der Waals surface area contributed by atoms with Gasteiger partial charge >= 0.3 is 0 Å². The predicted octanol–water partition coefficient (Wildman–Crippen LogP) is 3.00. The number of carbonyl (C=O) groups excluding carboxylic acids is 1. The number of nitrogens with one attached hydrogen (secondary N) is 1. The average Bonchev–Trinajstić information content (AvgIpc) is 2.77. The molecule has 2 aromatic heterocycles. The summed E-state index contributed by atoms with van der Waals surface area (Å²) in [5, 5.41) is 3.24. The van der Waals surface area contributed by atoms with E-state index < -0.39 is 0 Å². The van der Waals surface area contributed by atoms with Crippen molar-refractivity contribution in [3.63, 3.8) is 0 Å². The van der Waals surface area contributed by atoms with Crippen molar-refractivity contribution in [2.75, 3.05) is 43.4 Å². The first-order valence-electron chi connectivity index (χ1n) is 10.6. The van der Waals surface area contributed by atoms with Gasteiger partial charge in [0.25, 0.3) is 0 Å². The van der Waals surface area contributed by atoms with Gasteiger partial charge in [0.15, 0.2) is 0 Å². The molecule has 0 aromatic carbocycles. The SMILES string of the molecule is CCNc1cc(N2CCC(CCC(=O)N(C)CCc3ccncc3)CC2)ncn1. The zero-order valence-corrected chi connectivity index (χ0v) is 17.5. The summed E-state index contributed by atoms with van der Waals surface area (Å²) < 4.78 is 0. The molecule has 0 unspecified atom stereocenters. The van der Waals surface area contributed by atoms with E-state index in [-0.39, 0.29) is 5.91 Å². The van der Waals surface area contributed by atoms with Crippen molar-refractivity contribution < 1.29 is 4.79 Å². The molecule has 2 aromatic rings. The summed E-state index contributed by atoms with van der Waals surface area (Å²) in [7, 11) is 1.91. The summed E-state index contributed by atoms with van der Waals surface area (Å²) in [6.45, 7) is 5.64. The Morgan fingerprint density at radius 1 is 1.24 bits per heavy atom. The van der Waals surface area contributed by atoms with Crippen LogP contribution in [0, 0.1) is 5.92 Å². The molecule has 1 fully saturated rings. The highest BCUT2D eigenvalue weighted by Gasteiger charge is 2.21. The Kier molecular flexibility index (Phi) is 7.78.